The first-order valence-corrected chi connectivity index (χ1v) is 20.2. The maximum atomic E-state index is 12.3. The maximum Gasteiger partial charge on any atom is 0.220 e. The minimum atomic E-state index is -0.875. The van der Waals surface area contributed by atoms with Crippen LogP contribution in [0.15, 0.2) is 72.9 Å². The summed E-state index contributed by atoms with van der Waals surface area (Å²) >= 11 is 0. The zero-order valence-electron chi connectivity index (χ0n) is 31.5. The third kappa shape index (κ3) is 35.1. The van der Waals surface area contributed by atoms with E-state index in [9.17, 15) is 15.0 Å². The molecule has 0 saturated carbocycles. The molecule has 0 bridgehead atoms. The molecule has 2 unspecified atom stereocenters. The number of aliphatic hydroxyl groups excluding tert-OH is 2. The summed E-state index contributed by atoms with van der Waals surface area (Å²) in [5, 5.41) is 22.9. The van der Waals surface area contributed by atoms with E-state index in [0.29, 0.717) is 6.42 Å². The van der Waals surface area contributed by atoms with Gasteiger partial charge in [0, 0.05) is 6.42 Å². The van der Waals surface area contributed by atoms with Gasteiger partial charge in [-0.15, -0.1) is 0 Å². The highest BCUT2D eigenvalue weighted by atomic mass is 16.3. The second-order valence-electron chi connectivity index (χ2n) is 13.3. The van der Waals surface area contributed by atoms with Gasteiger partial charge in [0.05, 0.1) is 18.8 Å². The second-order valence-corrected chi connectivity index (χ2v) is 13.3. The van der Waals surface area contributed by atoms with Crippen LogP contribution in [0, 0.1) is 0 Å². The van der Waals surface area contributed by atoms with Gasteiger partial charge in [0.25, 0.3) is 0 Å². The smallest absolute Gasteiger partial charge is 0.220 e. The average molecular weight is 668 g/mol. The van der Waals surface area contributed by atoms with Crippen molar-refractivity contribution in [2.24, 2.45) is 0 Å². The van der Waals surface area contributed by atoms with Gasteiger partial charge < -0.3 is 15.5 Å². The summed E-state index contributed by atoms with van der Waals surface area (Å²) in [5.74, 6) is -0.100. The van der Waals surface area contributed by atoms with Crippen molar-refractivity contribution in [2.45, 2.75) is 193 Å². The van der Waals surface area contributed by atoms with Crippen LogP contribution in [0.5, 0.6) is 0 Å². The Morgan fingerprint density at radius 2 is 0.938 bits per heavy atom. The van der Waals surface area contributed by atoms with Crippen molar-refractivity contribution in [2.75, 3.05) is 6.61 Å². The molecule has 4 nitrogen and oxygen atoms in total. The maximum absolute atomic E-state index is 12.3. The van der Waals surface area contributed by atoms with Crippen molar-refractivity contribution in [3.63, 3.8) is 0 Å². The topological polar surface area (TPSA) is 69.6 Å². The van der Waals surface area contributed by atoms with Crippen LogP contribution in [0.3, 0.4) is 0 Å². The van der Waals surface area contributed by atoms with Gasteiger partial charge in [-0.25, -0.2) is 0 Å². The van der Waals surface area contributed by atoms with Crippen molar-refractivity contribution in [1.82, 2.24) is 5.32 Å². The van der Waals surface area contributed by atoms with Crippen molar-refractivity contribution < 1.29 is 15.0 Å². The van der Waals surface area contributed by atoms with E-state index in [1.54, 1.807) is 6.08 Å². The summed E-state index contributed by atoms with van der Waals surface area (Å²) < 4.78 is 0. The SMILES string of the molecule is CC/C=C\C/C=C\C/C=C\C/C=C\CCCCCCC(=O)NC(CO)C(O)/C=C/CC/C=C/CCCCCCCCCCCCCCC. The third-order valence-corrected chi connectivity index (χ3v) is 8.67. The van der Waals surface area contributed by atoms with E-state index in [0.717, 1.165) is 77.0 Å². The monoisotopic (exact) mass is 668 g/mol. The fourth-order valence-electron chi connectivity index (χ4n) is 5.59. The summed E-state index contributed by atoms with van der Waals surface area (Å²) in [6.07, 6.45) is 55.7. The number of nitrogens with one attached hydrogen (secondary N) is 1. The summed E-state index contributed by atoms with van der Waals surface area (Å²) in [5.41, 5.74) is 0. The van der Waals surface area contributed by atoms with Gasteiger partial charge in [-0.05, 0) is 70.6 Å². The van der Waals surface area contributed by atoms with Crippen LogP contribution in [0.4, 0.5) is 0 Å². The Bertz CT molecular complexity index is 853. The van der Waals surface area contributed by atoms with Crippen LogP contribution >= 0.6 is 0 Å². The number of hydrogen-bond acceptors (Lipinski definition) is 3. The Morgan fingerprint density at radius 1 is 0.521 bits per heavy atom. The molecule has 1 amide bonds. The lowest BCUT2D eigenvalue weighted by Gasteiger charge is -2.19. The van der Waals surface area contributed by atoms with Crippen molar-refractivity contribution in [3.05, 3.63) is 72.9 Å². The minimum absolute atomic E-state index is 0.100. The number of rotatable bonds is 35. The quantitative estimate of drug-likeness (QED) is 0.0465. The molecule has 0 aliphatic rings. The Morgan fingerprint density at radius 3 is 1.46 bits per heavy atom. The van der Waals surface area contributed by atoms with E-state index in [-0.39, 0.29) is 12.5 Å². The van der Waals surface area contributed by atoms with Crippen molar-refractivity contribution in [1.29, 1.82) is 0 Å². The first-order valence-electron chi connectivity index (χ1n) is 20.2. The van der Waals surface area contributed by atoms with Crippen LogP contribution in [0.2, 0.25) is 0 Å². The average Bonchev–Trinajstić information content (AvgIpc) is 3.09. The molecular formula is C44H77NO3. The first-order chi connectivity index (χ1) is 23.7. The molecule has 0 aromatic rings. The number of unbranched alkanes of at least 4 members (excludes halogenated alkanes) is 18. The molecule has 4 heteroatoms. The van der Waals surface area contributed by atoms with E-state index in [4.69, 9.17) is 0 Å². The number of hydrogen-bond donors (Lipinski definition) is 3. The molecule has 0 aliphatic heterocycles. The van der Waals surface area contributed by atoms with Gasteiger partial charge in [0.1, 0.15) is 0 Å². The molecule has 2 atom stereocenters. The molecule has 0 aliphatic carbocycles. The van der Waals surface area contributed by atoms with E-state index in [2.05, 4.69) is 79.9 Å². The normalized spacial score (nSPS) is 13.8. The Hall–Kier alpha value is -2.17. The zero-order chi connectivity index (χ0) is 35.0. The van der Waals surface area contributed by atoms with E-state index >= 15 is 0 Å². The molecule has 0 aromatic carbocycles. The van der Waals surface area contributed by atoms with Gasteiger partial charge in [-0.2, -0.15) is 0 Å². The molecule has 3 N–H and O–H groups in total. The Balaban J connectivity index is 3.72. The fraction of sp³-hybridized carbons (Fsp3) is 0.705. The standard InChI is InChI=1S/C44H77NO3/c1-3-5-7-9-11-13-15-17-19-21-22-24-25-27-29-31-33-35-37-39-43(47)42(41-46)45-44(48)40-38-36-34-32-30-28-26-23-20-18-16-14-12-10-8-6-4-2/h6,8,12,14,18,20,26,28-29,31,37,39,42-43,46-47H,3-5,7,9-11,13,15-17,19,21-25,27,30,32-36,38,40-41H2,1-2H3,(H,45,48)/b8-6-,14-12-,20-18-,28-26-,31-29+,39-37+. The van der Waals surface area contributed by atoms with Gasteiger partial charge in [0.15, 0.2) is 0 Å². The number of allylic oxidation sites excluding steroid dienone is 11. The van der Waals surface area contributed by atoms with Gasteiger partial charge in [0.2, 0.25) is 5.91 Å². The highest BCUT2D eigenvalue weighted by Gasteiger charge is 2.17. The Labute approximate surface area is 298 Å². The van der Waals surface area contributed by atoms with Gasteiger partial charge in [-0.1, -0.05) is 177 Å². The molecule has 0 saturated heterocycles. The Kier molecular flexibility index (Phi) is 37.5. The first kappa shape index (κ1) is 45.8. The third-order valence-electron chi connectivity index (χ3n) is 8.67. The summed E-state index contributed by atoms with van der Waals surface area (Å²) in [6, 6.07) is -0.655. The highest BCUT2D eigenvalue weighted by molar-refractivity contribution is 5.76. The number of aliphatic hydroxyl groups is 2. The molecule has 0 aromatic heterocycles. The van der Waals surface area contributed by atoms with Crippen LogP contribution in [-0.4, -0.2) is 34.9 Å². The van der Waals surface area contributed by atoms with Gasteiger partial charge in [-0.3, -0.25) is 4.79 Å². The van der Waals surface area contributed by atoms with Crippen LogP contribution in [0.1, 0.15) is 181 Å². The molecule has 0 fully saturated rings. The second kappa shape index (κ2) is 39.3. The summed E-state index contributed by atoms with van der Waals surface area (Å²) in [7, 11) is 0. The number of carbonyl (C=O) groups is 1. The van der Waals surface area contributed by atoms with Crippen molar-refractivity contribution in [3.8, 4) is 0 Å². The molecule has 0 rings (SSSR count). The molecular weight excluding hydrogens is 590 g/mol. The predicted octanol–water partition coefficient (Wildman–Crippen LogP) is 12.3. The van der Waals surface area contributed by atoms with Crippen LogP contribution in [0.25, 0.3) is 0 Å². The lowest BCUT2D eigenvalue weighted by atomic mass is 10.0. The number of amides is 1. The zero-order valence-corrected chi connectivity index (χ0v) is 31.5. The minimum Gasteiger partial charge on any atom is -0.394 e. The molecule has 0 heterocycles. The van der Waals surface area contributed by atoms with Crippen LogP contribution in [-0.2, 0) is 4.79 Å². The molecule has 0 radical (unpaired) electrons. The van der Waals surface area contributed by atoms with E-state index in [1.165, 1.54) is 83.5 Å². The lowest BCUT2D eigenvalue weighted by Crippen LogP contribution is -2.45. The van der Waals surface area contributed by atoms with E-state index in [1.807, 2.05) is 6.08 Å². The van der Waals surface area contributed by atoms with Crippen molar-refractivity contribution >= 4 is 5.91 Å². The largest absolute Gasteiger partial charge is 0.394 e. The fourth-order valence-corrected chi connectivity index (χ4v) is 5.59. The number of carbonyl (C=O) groups excluding carboxylic acids is 1. The summed E-state index contributed by atoms with van der Waals surface area (Å²) in [6.45, 7) is 4.16. The molecule has 0 spiro atoms. The van der Waals surface area contributed by atoms with Crippen LogP contribution < -0.4 is 5.32 Å². The molecule has 276 valence electrons. The predicted molar refractivity (Wildman–Crippen MR) is 211 cm³/mol. The summed E-state index contributed by atoms with van der Waals surface area (Å²) in [4.78, 5) is 12.3. The highest BCUT2D eigenvalue weighted by Crippen LogP contribution is 2.13. The van der Waals surface area contributed by atoms with Gasteiger partial charge >= 0.3 is 0 Å². The molecule has 48 heavy (non-hydrogen) atoms. The lowest BCUT2D eigenvalue weighted by molar-refractivity contribution is -0.123. The van der Waals surface area contributed by atoms with E-state index < -0.39 is 12.1 Å².